The van der Waals surface area contributed by atoms with E-state index in [1.165, 1.54) is 12.0 Å². The molecular formula is C23H22BrNO5. The van der Waals surface area contributed by atoms with Gasteiger partial charge in [0.2, 0.25) is 0 Å². The molecule has 30 heavy (non-hydrogen) atoms. The van der Waals surface area contributed by atoms with Crippen molar-refractivity contribution in [3.8, 4) is 5.75 Å². The fraction of sp³-hybridized carbons (Fsp3) is 0.304. The first-order chi connectivity index (χ1) is 14.4. The summed E-state index contributed by atoms with van der Waals surface area (Å²) in [5.41, 5.74) is 2.29. The fourth-order valence-corrected chi connectivity index (χ4v) is 4.47. The number of carbonyl (C=O) groups excluding carboxylic acids is 2. The third-order valence-electron chi connectivity index (χ3n) is 5.41. The molecule has 0 radical (unpaired) electrons. The Bertz CT molecular complexity index is 1050. The van der Waals surface area contributed by atoms with E-state index in [-0.39, 0.29) is 30.6 Å². The van der Waals surface area contributed by atoms with Crippen LogP contribution in [0.5, 0.6) is 5.75 Å². The molecule has 6 nitrogen and oxygen atoms in total. The van der Waals surface area contributed by atoms with Gasteiger partial charge in [-0.3, -0.25) is 9.59 Å². The molecule has 2 aromatic rings. The lowest BCUT2D eigenvalue weighted by Gasteiger charge is -2.25. The standard InChI is InChI=1S/C23H22BrNO5/c1-13-10-16-11-15(6-7-18(16)30-13)21(26)19-20(14-4-3-5-17(24)12-14)25(8-9-29-2)23(28)22(19)27/h3-7,11-13,20,26H,8-10H2,1-2H3/t13-,20-/m0/s1. The maximum Gasteiger partial charge on any atom is 0.295 e. The number of aliphatic hydroxyl groups is 1. The number of methoxy groups -OCH3 is 1. The Kier molecular flexibility index (Phi) is 5.66. The molecule has 2 atom stereocenters. The second kappa shape index (κ2) is 8.24. The first-order valence-electron chi connectivity index (χ1n) is 9.73. The molecule has 2 aliphatic heterocycles. The van der Waals surface area contributed by atoms with Crippen molar-refractivity contribution in [3.63, 3.8) is 0 Å². The molecule has 7 heteroatoms. The highest BCUT2D eigenvalue weighted by molar-refractivity contribution is 9.10. The van der Waals surface area contributed by atoms with Gasteiger partial charge in [0.05, 0.1) is 18.2 Å². The van der Waals surface area contributed by atoms with Gasteiger partial charge in [-0.2, -0.15) is 0 Å². The molecule has 0 spiro atoms. The largest absolute Gasteiger partial charge is 0.507 e. The molecule has 0 bridgehead atoms. The van der Waals surface area contributed by atoms with Crippen LogP contribution in [0.15, 0.2) is 52.5 Å². The Labute approximate surface area is 183 Å². The predicted molar refractivity (Wildman–Crippen MR) is 115 cm³/mol. The van der Waals surface area contributed by atoms with Crippen molar-refractivity contribution in [3.05, 3.63) is 69.2 Å². The SMILES string of the molecule is COCCN1C(=O)C(=O)C(=C(O)c2ccc3c(c2)C[C@H](C)O3)[C@@H]1c1cccc(Br)c1. The van der Waals surface area contributed by atoms with Crippen molar-refractivity contribution in [2.24, 2.45) is 0 Å². The molecule has 0 unspecified atom stereocenters. The molecule has 4 rings (SSSR count). The summed E-state index contributed by atoms with van der Waals surface area (Å²) in [6.45, 7) is 2.50. The van der Waals surface area contributed by atoms with Crippen LogP contribution in [0.25, 0.3) is 5.76 Å². The average Bonchev–Trinajstić information content (AvgIpc) is 3.22. The lowest BCUT2D eigenvalue weighted by molar-refractivity contribution is -0.140. The fourth-order valence-electron chi connectivity index (χ4n) is 4.05. The van der Waals surface area contributed by atoms with Crippen LogP contribution in [-0.4, -0.2) is 48.1 Å². The molecule has 1 amide bonds. The van der Waals surface area contributed by atoms with Gasteiger partial charge < -0.3 is 19.5 Å². The number of likely N-dealkylation sites (tertiary alicyclic amines) is 1. The van der Waals surface area contributed by atoms with Crippen LogP contribution in [0.3, 0.4) is 0 Å². The van der Waals surface area contributed by atoms with Crippen molar-refractivity contribution < 1.29 is 24.2 Å². The second-order valence-corrected chi connectivity index (χ2v) is 8.41. The van der Waals surface area contributed by atoms with Gasteiger partial charge in [-0.05, 0) is 48.4 Å². The molecule has 1 fully saturated rings. The van der Waals surface area contributed by atoms with Crippen LogP contribution in [-0.2, 0) is 20.7 Å². The molecule has 2 aromatic carbocycles. The number of carbonyl (C=O) groups is 2. The monoisotopic (exact) mass is 471 g/mol. The summed E-state index contributed by atoms with van der Waals surface area (Å²) in [6.07, 6.45) is 0.798. The summed E-state index contributed by atoms with van der Waals surface area (Å²) in [4.78, 5) is 27.2. The lowest BCUT2D eigenvalue weighted by atomic mass is 9.94. The maximum atomic E-state index is 13.0. The summed E-state index contributed by atoms with van der Waals surface area (Å²) in [5, 5.41) is 11.1. The van der Waals surface area contributed by atoms with Crippen LogP contribution in [0.1, 0.15) is 29.7 Å². The Hall–Kier alpha value is -2.64. The second-order valence-electron chi connectivity index (χ2n) is 7.50. The van der Waals surface area contributed by atoms with Crippen LogP contribution in [0.4, 0.5) is 0 Å². The molecule has 2 heterocycles. The zero-order valence-electron chi connectivity index (χ0n) is 16.7. The summed E-state index contributed by atoms with van der Waals surface area (Å²) in [6, 6.07) is 12.0. The first kappa shape index (κ1) is 20.6. The Balaban J connectivity index is 1.83. The zero-order valence-corrected chi connectivity index (χ0v) is 18.3. The molecule has 156 valence electrons. The third-order valence-corrected chi connectivity index (χ3v) is 5.90. The quantitative estimate of drug-likeness (QED) is 0.407. The van der Waals surface area contributed by atoms with Crippen molar-refractivity contribution in [1.82, 2.24) is 4.90 Å². The van der Waals surface area contributed by atoms with Crippen molar-refractivity contribution in [2.45, 2.75) is 25.5 Å². The number of aliphatic hydroxyl groups excluding tert-OH is 1. The molecule has 0 aliphatic carbocycles. The molecule has 1 N–H and O–H groups in total. The number of rotatable bonds is 5. The number of hydrogen-bond donors (Lipinski definition) is 1. The van der Waals surface area contributed by atoms with E-state index in [0.29, 0.717) is 5.56 Å². The van der Waals surface area contributed by atoms with E-state index in [1.54, 1.807) is 12.1 Å². The Morgan fingerprint density at radius 1 is 1.27 bits per heavy atom. The number of nitrogens with zero attached hydrogens (tertiary/aromatic N) is 1. The van der Waals surface area contributed by atoms with Gasteiger partial charge in [0.25, 0.3) is 11.7 Å². The lowest BCUT2D eigenvalue weighted by Crippen LogP contribution is -2.32. The van der Waals surface area contributed by atoms with E-state index in [1.807, 2.05) is 37.3 Å². The van der Waals surface area contributed by atoms with Crippen LogP contribution >= 0.6 is 15.9 Å². The molecule has 2 aliphatic rings. The smallest absolute Gasteiger partial charge is 0.295 e. The van der Waals surface area contributed by atoms with E-state index < -0.39 is 17.7 Å². The molecular weight excluding hydrogens is 450 g/mol. The number of benzene rings is 2. The van der Waals surface area contributed by atoms with Gasteiger partial charge >= 0.3 is 0 Å². The minimum absolute atomic E-state index is 0.0682. The summed E-state index contributed by atoms with van der Waals surface area (Å²) >= 11 is 3.45. The van der Waals surface area contributed by atoms with Gasteiger partial charge in [-0.15, -0.1) is 0 Å². The molecule has 1 saturated heterocycles. The van der Waals surface area contributed by atoms with Crippen molar-refractivity contribution in [1.29, 1.82) is 0 Å². The first-order valence-corrected chi connectivity index (χ1v) is 10.5. The number of halogens is 1. The summed E-state index contributed by atoms with van der Waals surface area (Å²) in [7, 11) is 1.54. The Morgan fingerprint density at radius 2 is 2.07 bits per heavy atom. The normalized spacial score (nSPS) is 22.3. The van der Waals surface area contributed by atoms with Gasteiger partial charge in [-0.25, -0.2) is 0 Å². The number of ether oxygens (including phenoxy) is 2. The van der Waals surface area contributed by atoms with Crippen LogP contribution in [0.2, 0.25) is 0 Å². The highest BCUT2D eigenvalue weighted by Crippen LogP contribution is 2.41. The number of hydrogen-bond acceptors (Lipinski definition) is 5. The zero-order chi connectivity index (χ0) is 21.4. The van der Waals surface area contributed by atoms with Gasteiger partial charge in [0.15, 0.2) is 0 Å². The van der Waals surface area contributed by atoms with E-state index in [2.05, 4.69) is 15.9 Å². The highest BCUT2D eigenvalue weighted by Gasteiger charge is 2.46. The topological polar surface area (TPSA) is 76.1 Å². The van der Waals surface area contributed by atoms with E-state index in [9.17, 15) is 14.7 Å². The van der Waals surface area contributed by atoms with Crippen molar-refractivity contribution in [2.75, 3.05) is 20.3 Å². The predicted octanol–water partition coefficient (Wildman–Crippen LogP) is 3.84. The molecule has 0 aromatic heterocycles. The van der Waals surface area contributed by atoms with E-state index in [4.69, 9.17) is 9.47 Å². The maximum absolute atomic E-state index is 13.0. The van der Waals surface area contributed by atoms with Gasteiger partial charge in [-0.1, -0.05) is 28.1 Å². The highest BCUT2D eigenvalue weighted by atomic mass is 79.9. The average molecular weight is 472 g/mol. The summed E-state index contributed by atoms with van der Waals surface area (Å²) in [5.74, 6) is -0.737. The Morgan fingerprint density at radius 3 is 2.80 bits per heavy atom. The number of amides is 1. The minimum Gasteiger partial charge on any atom is -0.507 e. The number of ketones is 1. The van der Waals surface area contributed by atoms with Gasteiger partial charge in [0, 0.05) is 30.1 Å². The number of Topliss-reactive ketones (excluding diaryl/α,β-unsaturated/α-hetero) is 1. The van der Waals surface area contributed by atoms with Crippen LogP contribution in [0, 0.1) is 0 Å². The minimum atomic E-state index is -0.696. The van der Waals surface area contributed by atoms with E-state index in [0.717, 1.165) is 27.8 Å². The van der Waals surface area contributed by atoms with Crippen molar-refractivity contribution >= 4 is 33.4 Å². The van der Waals surface area contributed by atoms with Gasteiger partial charge in [0.1, 0.15) is 17.6 Å². The summed E-state index contributed by atoms with van der Waals surface area (Å²) < 4.78 is 11.7. The van der Waals surface area contributed by atoms with E-state index >= 15 is 0 Å². The number of fused-ring (bicyclic) bond motifs is 1. The molecule has 0 saturated carbocycles. The van der Waals surface area contributed by atoms with Crippen LogP contribution < -0.4 is 4.74 Å². The third kappa shape index (κ3) is 3.63.